The molecule has 1 fully saturated rings. The van der Waals surface area contributed by atoms with Crippen LogP contribution in [0.3, 0.4) is 0 Å². The van der Waals surface area contributed by atoms with Crippen molar-refractivity contribution in [3.63, 3.8) is 0 Å². The fourth-order valence-corrected chi connectivity index (χ4v) is 3.70. The van der Waals surface area contributed by atoms with Crippen LogP contribution >= 0.6 is 0 Å². The van der Waals surface area contributed by atoms with Crippen molar-refractivity contribution in [1.29, 1.82) is 0 Å². The van der Waals surface area contributed by atoms with Gasteiger partial charge in [0.2, 0.25) is 0 Å². The highest BCUT2D eigenvalue weighted by Gasteiger charge is 2.31. The highest BCUT2D eigenvalue weighted by molar-refractivity contribution is 6.00. The van der Waals surface area contributed by atoms with E-state index in [-0.39, 0.29) is 29.9 Å². The average Bonchev–Trinajstić information content (AvgIpc) is 2.74. The predicted octanol–water partition coefficient (Wildman–Crippen LogP) is 3.83. The molecule has 0 aliphatic heterocycles. The lowest BCUT2D eigenvalue weighted by Crippen LogP contribution is -2.30. The van der Waals surface area contributed by atoms with E-state index in [0.717, 1.165) is 25.3 Å². The molecule has 0 amide bonds. The summed E-state index contributed by atoms with van der Waals surface area (Å²) in [6.07, 6.45) is 1.40. The van der Waals surface area contributed by atoms with E-state index in [0.29, 0.717) is 29.1 Å². The van der Waals surface area contributed by atoms with E-state index in [1.165, 1.54) is 6.07 Å². The number of alkyl halides is 3. The van der Waals surface area contributed by atoms with Crippen molar-refractivity contribution in [2.45, 2.75) is 44.0 Å². The molecule has 4 rings (SSSR count). The molecule has 1 aliphatic rings. The van der Waals surface area contributed by atoms with Crippen LogP contribution in [0.5, 0.6) is 5.75 Å². The number of halogens is 3. The van der Waals surface area contributed by atoms with Crippen molar-refractivity contribution in [2.75, 3.05) is 5.32 Å². The highest BCUT2D eigenvalue weighted by Crippen LogP contribution is 2.38. The number of aromatic nitrogens is 3. The molecule has 0 unspecified atom stereocenters. The number of aliphatic hydroxyl groups is 1. The lowest BCUT2D eigenvalue weighted by atomic mass is 9.93. The van der Waals surface area contributed by atoms with Gasteiger partial charge in [-0.05, 0) is 49.9 Å². The van der Waals surface area contributed by atoms with Crippen LogP contribution in [0, 0.1) is 0 Å². The summed E-state index contributed by atoms with van der Waals surface area (Å²) >= 11 is 0. The normalized spacial score (nSPS) is 18.5. The second kappa shape index (κ2) is 9.77. The van der Waals surface area contributed by atoms with Gasteiger partial charge < -0.3 is 20.6 Å². The molecule has 1 aliphatic carbocycles. The van der Waals surface area contributed by atoms with Crippen molar-refractivity contribution in [2.24, 2.45) is 0 Å². The Labute approximate surface area is 180 Å². The van der Waals surface area contributed by atoms with Crippen molar-refractivity contribution < 1.29 is 33.3 Å². The highest BCUT2D eigenvalue weighted by atomic mass is 19.4. The van der Waals surface area contributed by atoms with Gasteiger partial charge in [-0.1, -0.05) is 0 Å². The van der Waals surface area contributed by atoms with Crippen LogP contribution in [0.4, 0.5) is 19.0 Å². The number of phenols is 1. The minimum Gasteiger partial charge on any atom is -0.507 e. The van der Waals surface area contributed by atoms with Gasteiger partial charge in [-0.2, -0.15) is 13.2 Å². The molecule has 0 saturated heterocycles. The number of hydrogen-bond donors (Lipinski definition) is 4. The number of pyridine rings is 1. The Bertz CT molecular complexity index is 1090. The van der Waals surface area contributed by atoms with E-state index in [4.69, 9.17) is 9.90 Å². The van der Waals surface area contributed by atoms with Crippen LogP contribution in [0.15, 0.2) is 36.7 Å². The van der Waals surface area contributed by atoms with Gasteiger partial charge in [0.05, 0.1) is 11.7 Å². The van der Waals surface area contributed by atoms with Crippen LogP contribution in [0.25, 0.3) is 22.0 Å². The molecule has 32 heavy (non-hydrogen) atoms. The number of carboxylic acid groups (broad SMARTS) is 1. The standard InChI is InChI=1S/C20H19F3N4O2.CH2O2/c21-20(22,23)11-4-5-15(17(29)8-11)18-14-6-7-24-10-16(14)19(27-26-18)25-12-2-1-3-13(28)9-12;2-1-3/h4-8,10,12-13,28-29H,1-3,9H2,(H,25,27);1H,(H,2,3)/t12-,13-;/m1./s1. The first-order valence-corrected chi connectivity index (χ1v) is 9.78. The number of phenolic OH excluding ortho intramolecular Hbond substituents is 1. The summed E-state index contributed by atoms with van der Waals surface area (Å²) in [5.41, 5.74) is -0.518. The third kappa shape index (κ3) is 5.22. The van der Waals surface area contributed by atoms with Crippen molar-refractivity contribution in [3.05, 3.63) is 42.2 Å². The maximum atomic E-state index is 12.9. The van der Waals surface area contributed by atoms with Gasteiger partial charge in [-0.3, -0.25) is 9.78 Å². The average molecular weight is 450 g/mol. The van der Waals surface area contributed by atoms with Gasteiger partial charge in [-0.25, -0.2) is 0 Å². The van der Waals surface area contributed by atoms with E-state index >= 15 is 0 Å². The number of benzene rings is 1. The Balaban J connectivity index is 0.000000913. The zero-order valence-electron chi connectivity index (χ0n) is 16.8. The van der Waals surface area contributed by atoms with Crippen LogP contribution in [-0.2, 0) is 11.0 Å². The number of aliphatic hydroxyl groups excluding tert-OH is 1. The number of rotatable bonds is 3. The fraction of sp³-hybridized carbons (Fsp3) is 0.333. The number of anilines is 1. The van der Waals surface area contributed by atoms with Gasteiger partial charge in [-0.15, -0.1) is 10.2 Å². The third-order valence-corrected chi connectivity index (χ3v) is 5.15. The van der Waals surface area contributed by atoms with Gasteiger partial charge in [0, 0.05) is 34.8 Å². The number of aromatic hydroxyl groups is 1. The minimum absolute atomic E-state index is 0.0433. The van der Waals surface area contributed by atoms with E-state index in [2.05, 4.69) is 20.5 Å². The molecule has 11 heteroatoms. The maximum Gasteiger partial charge on any atom is 0.416 e. The molecule has 1 saturated carbocycles. The van der Waals surface area contributed by atoms with Crippen LogP contribution in [0.1, 0.15) is 31.2 Å². The molecular weight excluding hydrogens is 429 g/mol. The molecule has 4 N–H and O–H groups in total. The Morgan fingerprint density at radius 2 is 1.88 bits per heavy atom. The minimum atomic E-state index is -4.55. The Morgan fingerprint density at radius 1 is 1.12 bits per heavy atom. The molecule has 170 valence electrons. The first-order valence-electron chi connectivity index (χ1n) is 9.78. The molecular formula is C21H21F3N4O4. The van der Waals surface area contributed by atoms with Crippen LogP contribution < -0.4 is 5.32 Å². The van der Waals surface area contributed by atoms with E-state index in [1.807, 2.05) is 0 Å². The Hall–Kier alpha value is -3.47. The van der Waals surface area contributed by atoms with E-state index in [9.17, 15) is 23.4 Å². The summed E-state index contributed by atoms with van der Waals surface area (Å²) in [6, 6.07) is 4.49. The van der Waals surface area contributed by atoms with Gasteiger partial charge in [0.15, 0.2) is 5.82 Å². The van der Waals surface area contributed by atoms with Crippen molar-refractivity contribution in [3.8, 4) is 17.0 Å². The van der Waals surface area contributed by atoms with Gasteiger partial charge >= 0.3 is 6.18 Å². The smallest absolute Gasteiger partial charge is 0.416 e. The molecule has 2 heterocycles. The fourth-order valence-electron chi connectivity index (χ4n) is 3.70. The Kier molecular flexibility index (Phi) is 7.08. The monoisotopic (exact) mass is 450 g/mol. The number of nitrogens with zero attached hydrogens (tertiary/aromatic N) is 3. The molecule has 1 aromatic carbocycles. The molecule has 2 atom stereocenters. The molecule has 3 aromatic rings. The second-order valence-corrected chi connectivity index (χ2v) is 7.32. The topological polar surface area (TPSA) is 128 Å². The number of nitrogens with one attached hydrogen (secondary N) is 1. The largest absolute Gasteiger partial charge is 0.507 e. The second-order valence-electron chi connectivity index (χ2n) is 7.32. The first kappa shape index (κ1) is 23.2. The summed E-state index contributed by atoms with van der Waals surface area (Å²) in [5, 5.41) is 39.9. The number of carbonyl (C=O) groups is 1. The number of hydrogen-bond acceptors (Lipinski definition) is 7. The summed E-state index contributed by atoms with van der Waals surface area (Å²) in [5.74, 6) is -0.0364. The van der Waals surface area contributed by atoms with Gasteiger partial charge in [0.25, 0.3) is 6.47 Å². The zero-order chi connectivity index (χ0) is 23.3. The zero-order valence-corrected chi connectivity index (χ0v) is 16.8. The van der Waals surface area contributed by atoms with E-state index in [1.54, 1.807) is 18.5 Å². The molecule has 0 bridgehead atoms. The predicted molar refractivity (Wildman–Crippen MR) is 110 cm³/mol. The maximum absolute atomic E-state index is 12.9. The first-order chi connectivity index (χ1) is 15.2. The summed E-state index contributed by atoms with van der Waals surface area (Å²) in [4.78, 5) is 12.5. The SMILES string of the molecule is O=CO.Oc1cc(C(F)(F)F)ccc1-c1nnc(N[C@@H]2CCC[C@@H](O)C2)c2cnccc12. The van der Waals surface area contributed by atoms with Gasteiger partial charge in [0.1, 0.15) is 11.4 Å². The summed E-state index contributed by atoms with van der Waals surface area (Å²) in [6.45, 7) is -0.250. The van der Waals surface area contributed by atoms with Crippen LogP contribution in [0.2, 0.25) is 0 Å². The van der Waals surface area contributed by atoms with Crippen molar-refractivity contribution >= 4 is 23.1 Å². The Morgan fingerprint density at radius 3 is 2.53 bits per heavy atom. The quantitative estimate of drug-likeness (QED) is 0.443. The van der Waals surface area contributed by atoms with E-state index < -0.39 is 17.5 Å². The lowest BCUT2D eigenvalue weighted by Gasteiger charge is -2.27. The lowest BCUT2D eigenvalue weighted by molar-refractivity contribution is -0.137. The molecule has 2 aromatic heterocycles. The summed E-state index contributed by atoms with van der Waals surface area (Å²) < 4.78 is 38.7. The third-order valence-electron chi connectivity index (χ3n) is 5.15. The number of fused-ring (bicyclic) bond motifs is 1. The molecule has 0 radical (unpaired) electrons. The molecule has 8 nitrogen and oxygen atoms in total. The molecule has 0 spiro atoms. The summed E-state index contributed by atoms with van der Waals surface area (Å²) in [7, 11) is 0. The van der Waals surface area contributed by atoms with Crippen LogP contribution in [-0.4, -0.2) is 49.1 Å². The van der Waals surface area contributed by atoms with Crippen molar-refractivity contribution in [1.82, 2.24) is 15.2 Å².